The average molecular weight is 382 g/mol. The topological polar surface area (TPSA) is 76.7 Å². The molecule has 2 atom stereocenters. The summed E-state index contributed by atoms with van der Waals surface area (Å²) in [4.78, 5) is 24.7. The van der Waals surface area contributed by atoms with Gasteiger partial charge in [0, 0.05) is 18.0 Å². The summed E-state index contributed by atoms with van der Waals surface area (Å²) in [7, 11) is 3.17. The maximum absolute atomic E-state index is 12.4. The molecule has 148 valence electrons. The number of benzene rings is 2. The van der Waals surface area contributed by atoms with Crippen LogP contribution in [0, 0.1) is 5.92 Å². The molecule has 0 fully saturated rings. The number of carbonyl (C=O) groups excluding carboxylic acids is 2. The van der Waals surface area contributed by atoms with Gasteiger partial charge < -0.3 is 20.1 Å². The van der Waals surface area contributed by atoms with Crippen molar-refractivity contribution in [1.82, 2.24) is 5.32 Å². The van der Waals surface area contributed by atoms with Gasteiger partial charge in [0.25, 0.3) is 0 Å². The van der Waals surface area contributed by atoms with Crippen LogP contribution in [0.25, 0.3) is 0 Å². The predicted octanol–water partition coefficient (Wildman–Crippen LogP) is 3.47. The van der Waals surface area contributed by atoms with E-state index in [1.54, 1.807) is 14.2 Å². The first-order chi connectivity index (χ1) is 13.5. The van der Waals surface area contributed by atoms with Crippen molar-refractivity contribution in [3.05, 3.63) is 53.6 Å². The molecule has 0 saturated heterocycles. The zero-order valence-electron chi connectivity index (χ0n) is 16.5. The molecule has 0 saturated carbocycles. The van der Waals surface area contributed by atoms with Crippen LogP contribution in [-0.4, -0.2) is 26.0 Å². The maximum Gasteiger partial charge on any atom is 0.227 e. The molecule has 2 unspecified atom stereocenters. The highest BCUT2D eigenvalue weighted by atomic mass is 16.5. The molecule has 0 radical (unpaired) electrons. The van der Waals surface area contributed by atoms with E-state index in [-0.39, 0.29) is 23.8 Å². The van der Waals surface area contributed by atoms with Crippen LogP contribution in [0.15, 0.2) is 42.5 Å². The van der Waals surface area contributed by atoms with Gasteiger partial charge in [-0.1, -0.05) is 24.3 Å². The summed E-state index contributed by atoms with van der Waals surface area (Å²) in [5.74, 6) is 0.998. The summed E-state index contributed by atoms with van der Waals surface area (Å²) < 4.78 is 10.6. The second-order valence-corrected chi connectivity index (χ2v) is 6.99. The summed E-state index contributed by atoms with van der Waals surface area (Å²) in [6, 6.07) is 13.2. The van der Waals surface area contributed by atoms with Gasteiger partial charge in [0.15, 0.2) is 11.5 Å². The zero-order chi connectivity index (χ0) is 20.1. The predicted molar refractivity (Wildman–Crippen MR) is 108 cm³/mol. The van der Waals surface area contributed by atoms with Gasteiger partial charge in [-0.15, -0.1) is 0 Å². The number of rotatable bonds is 7. The molecular weight excluding hydrogens is 356 g/mol. The van der Waals surface area contributed by atoms with Gasteiger partial charge in [-0.3, -0.25) is 9.59 Å². The number of carbonyl (C=O) groups is 2. The van der Waals surface area contributed by atoms with Crippen LogP contribution in [0.1, 0.15) is 36.9 Å². The quantitative estimate of drug-likeness (QED) is 0.769. The number of anilines is 1. The van der Waals surface area contributed by atoms with Gasteiger partial charge in [-0.25, -0.2) is 0 Å². The van der Waals surface area contributed by atoms with Crippen LogP contribution >= 0.6 is 0 Å². The van der Waals surface area contributed by atoms with Crippen LogP contribution in [0.4, 0.5) is 5.69 Å². The largest absolute Gasteiger partial charge is 0.493 e. The normalized spacial score (nSPS) is 16.5. The number of fused-ring (bicyclic) bond motifs is 1. The van der Waals surface area contributed by atoms with Crippen molar-refractivity contribution in [2.45, 2.75) is 32.2 Å². The fraction of sp³-hybridized carbons (Fsp3) is 0.364. The molecule has 0 aliphatic carbocycles. The first kappa shape index (κ1) is 19.7. The van der Waals surface area contributed by atoms with Crippen molar-refractivity contribution in [3.8, 4) is 11.5 Å². The first-order valence-electron chi connectivity index (χ1n) is 9.42. The van der Waals surface area contributed by atoms with Crippen LogP contribution in [0.5, 0.6) is 11.5 Å². The molecule has 2 aromatic rings. The molecule has 3 rings (SSSR count). The Bertz CT molecular complexity index is 865. The summed E-state index contributed by atoms with van der Waals surface area (Å²) in [6.45, 7) is 1.92. The Morgan fingerprint density at radius 1 is 1.18 bits per heavy atom. The molecule has 6 nitrogen and oxygen atoms in total. The van der Waals surface area contributed by atoms with Crippen LogP contribution < -0.4 is 20.1 Å². The molecule has 6 heteroatoms. The van der Waals surface area contributed by atoms with Crippen LogP contribution in [0.3, 0.4) is 0 Å². The van der Waals surface area contributed by atoms with E-state index in [1.165, 1.54) is 0 Å². The lowest BCUT2D eigenvalue weighted by molar-refractivity contribution is -0.123. The van der Waals surface area contributed by atoms with Crippen LogP contribution in [0.2, 0.25) is 0 Å². The zero-order valence-corrected chi connectivity index (χ0v) is 16.5. The van der Waals surface area contributed by atoms with Gasteiger partial charge in [0.2, 0.25) is 11.8 Å². The second-order valence-electron chi connectivity index (χ2n) is 6.99. The molecule has 28 heavy (non-hydrogen) atoms. The Morgan fingerprint density at radius 3 is 2.68 bits per heavy atom. The highest BCUT2D eigenvalue weighted by molar-refractivity contribution is 5.96. The Labute approximate surface area is 165 Å². The minimum atomic E-state index is -0.183. The van der Waals surface area contributed by atoms with Crippen LogP contribution in [-0.2, 0) is 16.0 Å². The Kier molecular flexibility index (Phi) is 6.19. The number of ether oxygens (including phenoxy) is 2. The van der Waals surface area contributed by atoms with Crippen molar-refractivity contribution >= 4 is 17.5 Å². The SMILES string of the molecule is COc1ccc(C(C)NC(=O)CCC2Cc3ccccc3NC2=O)cc1OC. The molecule has 1 aliphatic rings. The van der Waals surface area contributed by atoms with E-state index >= 15 is 0 Å². The molecule has 0 spiro atoms. The summed E-state index contributed by atoms with van der Waals surface area (Å²) in [5.41, 5.74) is 2.91. The molecule has 2 aromatic carbocycles. The Balaban J connectivity index is 1.55. The second kappa shape index (κ2) is 8.78. The molecule has 1 aliphatic heterocycles. The molecular formula is C22H26N2O4. The lowest BCUT2D eigenvalue weighted by Gasteiger charge is -2.24. The van der Waals surface area contributed by atoms with E-state index in [1.807, 2.05) is 49.4 Å². The van der Waals surface area contributed by atoms with E-state index in [0.29, 0.717) is 30.8 Å². The fourth-order valence-electron chi connectivity index (χ4n) is 3.47. The number of hydrogen-bond donors (Lipinski definition) is 2. The lowest BCUT2D eigenvalue weighted by atomic mass is 9.89. The minimum absolute atomic E-state index is 0.0144. The van der Waals surface area contributed by atoms with Crippen molar-refractivity contribution in [3.63, 3.8) is 0 Å². The van der Waals surface area contributed by atoms with Crippen molar-refractivity contribution in [2.24, 2.45) is 5.92 Å². The van der Waals surface area contributed by atoms with Crippen molar-refractivity contribution < 1.29 is 19.1 Å². The number of hydrogen-bond acceptors (Lipinski definition) is 4. The van der Waals surface area contributed by atoms with Crippen molar-refractivity contribution in [1.29, 1.82) is 0 Å². The van der Waals surface area contributed by atoms with Gasteiger partial charge in [-0.05, 0) is 49.1 Å². The smallest absolute Gasteiger partial charge is 0.227 e. The van der Waals surface area contributed by atoms with Gasteiger partial charge in [-0.2, -0.15) is 0 Å². The summed E-state index contributed by atoms with van der Waals surface area (Å²) in [5, 5.41) is 5.92. The van der Waals surface area contributed by atoms with E-state index in [9.17, 15) is 9.59 Å². The molecule has 2 amide bonds. The lowest BCUT2D eigenvalue weighted by Crippen LogP contribution is -2.32. The third kappa shape index (κ3) is 4.44. The van der Waals surface area contributed by atoms with Gasteiger partial charge in [0.05, 0.1) is 20.3 Å². The number of nitrogens with one attached hydrogen (secondary N) is 2. The van der Waals surface area contributed by atoms with E-state index < -0.39 is 0 Å². The van der Waals surface area contributed by atoms with E-state index in [2.05, 4.69) is 10.6 Å². The minimum Gasteiger partial charge on any atom is -0.493 e. The van der Waals surface area contributed by atoms with E-state index in [4.69, 9.17) is 9.47 Å². The monoisotopic (exact) mass is 382 g/mol. The number of para-hydroxylation sites is 1. The van der Waals surface area contributed by atoms with Gasteiger partial charge >= 0.3 is 0 Å². The van der Waals surface area contributed by atoms with E-state index in [0.717, 1.165) is 16.8 Å². The number of amides is 2. The molecule has 0 aromatic heterocycles. The highest BCUT2D eigenvalue weighted by Crippen LogP contribution is 2.30. The standard InChI is InChI=1S/C22H26N2O4/c1-14(15-8-10-19(27-2)20(13-15)28-3)23-21(25)11-9-17-12-16-6-4-5-7-18(16)24-22(17)26/h4-8,10,13-14,17H,9,11-12H2,1-3H3,(H,23,25)(H,24,26). The molecule has 1 heterocycles. The Hall–Kier alpha value is -3.02. The fourth-order valence-corrected chi connectivity index (χ4v) is 3.47. The molecule has 2 N–H and O–H groups in total. The Morgan fingerprint density at radius 2 is 1.93 bits per heavy atom. The summed E-state index contributed by atoms with van der Waals surface area (Å²) in [6.07, 6.45) is 1.49. The first-order valence-corrected chi connectivity index (χ1v) is 9.42. The van der Waals surface area contributed by atoms with Gasteiger partial charge in [0.1, 0.15) is 0 Å². The molecule has 0 bridgehead atoms. The average Bonchev–Trinajstić information content (AvgIpc) is 2.71. The maximum atomic E-state index is 12.4. The highest BCUT2D eigenvalue weighted by Gasteiger charge is 2.26. The summed E-state index contributed by atoms with van der Waals surface area (Å²) >= 11 is 0. The number of methoxy groups -OCH3 is 2. The third-order valence-corrected chi connectivity index (χ3v) is 5.12. The van der Waals surface area contributed by atoms with Crippen molar-refractivity contribution in [2.75, 3.05) is 19.5 Å². The third-order valence-electron chi connectivity index (χ3n) is 5.12.